The van der Waals surface area contributed by atoms with Gasteiger partial charge in [0.15, 0.2) is 0 Å². The number of aliphatic hydroxyl groups excluding tert-OH is 1. The van der Waals surface area contributed by atoms with E-state index in [9.17, 15) is 9.90 Å². The van der Waals surface area contributed by atoms with Crippen molar-refractivity contribution in [2.45, 2.75) is 58.7 Å². The Morgan fingerprint density at radius 2 is 1.65 bits per heavy atom. The molecule has 1 rings (SSSR count). The first-order chi connectivity index (χ1) is 9.49. The average Bonchev–Trinajstić information content (AvgIpc) is 2.52. The molecule has 0 bridgehead atoms. The summed E-state index contributed by atoms with van der Waals surface area (Å²) in [5.41, 5.74) is 0.342. The number of aliphatic hydroxyl groups is 1. The minimum absolute atomic E-state index is 0.327. The van der Waals surface area contributed by atoms with Gasteiger partial charge in [0.05, 0.1) is 12.0 Å². The van der Waals surface area contributed by atoms with Crippen LogP contribution >= 0.6 is 0 Å². The van der Waals surface area contributed by atoms with Gasteiger partial charge in [0.25, 0.3) is 0 Å². The summed E-state index contributed by atoms with van der Waals surface area (Å²) in [5.74, 6) is -0.895. The van der Waals surface area contributed by atoms with Crippen molar-refractivity contribution in [3.8, 4) is 0 Å². The summed E-state index contributed by atoms with van der Waals surface area (Å²) in [6, 6.07) is 9.23. The number of benzene rings is 1. The number of hydrogen-bond acceptors (Lipinski definition) is 3. The summed E-state index contributed by atoms with van der Waals surface area (Å²) in [7, 11) is 0. The van der Waals surface area contributed by atoms with Gasteiger partial charge < -0.3 is 9.84 Å². The van der Waals surface area contributed by atoms with Gasteiger partial charge in [-0.05, 0) is 31.7 Å². The Kier molecular flexibility index (Phi) is 6.21. The number of carbonyl (C=O) groups excluding carboxylic acids is 1. The van der Waals surface area contributed by atoms with Crippen LogP contribution in [0.2, 0.25) is 0 Å². The lowest BCUT2D eigenvalue weighted by Crippen LogP contribution is -2.36. The zero-order chi connectivity index (χ0) is 15.2. The molecule has 0 unspecified atom stereocenters. The Labute approximate surface area is 122 Å². The molecule has 0 heterocycles. The molecule has 0 fully saturated rings. The molecule has 1 aromatic rings. The molecule has 0 amide bonds. The van der Waals surface area contributed by atoms with E-state index in [0.717, 1.165) is 24.8 Å². The second-order valence-corrected chi connectivity index (χ2v) is 5.31. The zero-order valence-electron chi connectivity index (χ0n) is 12.9. The Bertz CT molecular complexity index is 401. The van der Waals surface area contributed by atoms with Crippen LogP contribution in [0.4, 0.5) is 0 Å². The molecule has 0 aliphatic heterocycles. The molecule has 0 saturated heterocycles. The van der Waals surface area contributed by atoms with Crippen LogP contribution in [0.1, 0.15) is 58.6 Å². The minimum atomic E-state index is -0.827. The number of hydrogen-bond donors (Lipinski definition) is 1. The summed E-state index contributed by atoms with van der Waals surface area (Å²) in [4.78, 5) is 12.3. The van der Waals surface area contributed by atoms with E-state index in [-0.39, 0.29) is 5.97 Å². The lowest BCUT2D eigenvalue weighted by Gasteiger charge is -2.32. The molecule has 1 aromatic carbocycles. The van der Waals surface area contributed by atoms with Crippen LogP contribution < -0.4 is 0 Å². The van der Waals surface area contributed by atoms with Crippen LogP contribution in [-0.2, 0) is 9.53 Å². The molecular formula is C17H26O3. The van der Waals surface area contributed by atoms with Crippen LogP contribution in [0.25, 0.3) is 0 Å². The van der Waals surface area contributed by atoms with E-state index in [2.05, 4.69) is 0 Å². The van der Waals surface area contributed by atoms with Crippen molar-refractivity contribution >= 4 is 5.97 Å². The van der Waals surface area contributed by atoms with Gasteiger partial charge in [0.2, 0.25) is 0 Å². The Hall–Kier alpha value is -1.35. The Morgan fingerprint density at radius 1 is 1.15 bits per heavy atom. The van der Waals surface area contributed by atoms with Gasteiger partial charge in [-0.1, -0.05) is 51.1 Å². The van der Waals surface area contributed by atoms with Crippen molar-refractivity contribution in [3.63, 3.8) is 0 Å². The lowest BCUT2D eigenvalue weighted by molar-refractivity contribution is -0.169. The maximum Gasteiger partial charge on any atom is 0.312 e. The first-order valence-corrected chi connectivity index (χ1v) is 7.45. The van der Waals surface area contributed by atoms with E-state index in [4.69, 9.17) is 4.74 Å². The maximum atomic E-state index is 12.3. The van der Waals surface area contributed by atoms with E-state index < -0.39 is 17.6 Å². The van der Waals surface area contributed by atoms with Gasteiger partial charge in [-0.2, -0.15) is 0 Å². The highest BCUT2D eigenvalue weighted by molar-refractivity contribution is 5.73. The Morgan fingerprint density at radius 3 is 2.10 bits per heavy atom. The lowest BCUT2D eigenvalue weighted by atomic mass is 9.92. The van der Waals surface area contributed by atoms with Gasteiger partial charge in [0.1, 0.15) is 5.60 Å². The fourth-order valence-corrected chi connectivity index (χ4v) is 2.34. The second kappa shape index (κ2) is 7.44. The van der Waals surface area contributed by atoms with Crippen molar-refractivity contribution in [1.29, 1.82) is 0 Å². The quantitative estimate of drug-likeness (QED) is 0.770. The highest BCUT2D eigenvalue weighted by Crippen LogP contribution is 2.29. The van der Waals surface area contributed by atoms with Gasteiger partial charge in [0, 0.05) is 0 Å². The molecule has 0 spiro atoms. The topological polar surface area (TPSA) is 46.5 Å². The molecule has 0 saturated carbocycles. The van der Waals surface area contributed by atoms with E-state index in [1.54, 1.807) is 6.92 Å². The normalized spacial score (nSPS) is 14.7. The molecule has 0 radical (unpaired) electrons. The smallest absolute Gasteiger partial charge is 0.312 e. The van der Waals surface area contributed by atoms with Crippen molar-refractivity contribution in [2.24, 2.45) is 5.92 Å². The number of ether oxygens (including phenoxy) is 1. The van der Waals surface area contributed by atoms with Gasteiger partial charge in [-0.3, -0.25) is 4.79 Å². The standard InChI is InChI=1S/C17H26O3/c1-5-17(6-2,7-3)20-16(19)13(4)15(18)14-11-9-8-10-12-14/h8-13,15,18H,5-7H2,1-4H3/t13-,15+/m1/s1. The van der Waals surface area contributed by atoms with Crippen LogP contribution in [0.15, 0.2) is 30.3 Å². The third kappa shape index (κ3) is 3.83. The predicted octanol–water partition coefficient (Wildman–Crippen LogP) is 3.87. The van der Waals surface area contributed by atoms with Crippen molar-refractivity contribution in [3.05, 3.63) is 35.9 Å². The highest BCUT2D eigenvalue weighted by Gasteiger charge is 2.33. The van der Waals surface area contributed by atoms with E-state index in [0.29, 0.717) is 0 Å². The van der Waals surface area contributed by atoms with Crippen LogP contribution in [0, 0.1) is 5.92 Å². The summed E-state index contributed by atoms with van der Waals surface area (Å²) in [6.07, 6.45) is 1.55. The monoisotopic (exact) mass is 278 g/mol. The largest absolute Gasteiger partial charge is 0.459 e. The molecule has 3 nitrogen and oxygen atoms in total. The number of rotatable bonds is 7. The average molecular weight is 278 g/mol. The third-order valence-corrected chi connectivity index (χ3v) is 4.24. The first-order valence-electron chi connectivity index (χ1n) is 7.45. The summed E-state index contributed by atoms with van der Waals surface area (Å²) in [6.45, 7) is 7.79. The second-order valence-electron chi connectivity index (χ2n) is 5.31. The molecule has 2 atom stereocenters. The van der Waals surface area contributed by atoms with Gasteiger partial charge in [-0.15, -0.1) is 0 Å². The summed E-state index contributed by atoms with van der Waals surface area (Å²) < 4.78 is 5.69. The first kappa shape index (κ1) is 16.7. The molecular weight excluding hydrogens is 252 g/mol. The van der Waals surface area contributed by atoms with Crippen molar-refractivity contribution < 1.29 is 14.6 Å². The summed E-state index contributed by atoms with van der Waals surface area (Å²) in [5, 5.41) is 10.3. The van der Waals surface area contributed by atoms with Crippen molar-refractivity contribution in [1.82, 2.24) is 0 Å². The zero-order valence-corrected chi connectivity index (χ0v) is 12.9. The number of carbonyl (C=O) groups is 1. The van der Waals surface area contributed by atoms with E-state index >= 15 is 0 Å². The minimum Gasteiger partial charge on any atom is -0.459 e. The van der Waals surface area contributed by atoms with Crippen LogP contribution in [0.5, 0.6) is 0 Å². The van der Waals surface area contributed by atoms with Crippen LogP contribution in [0.3, 0.4) is 0 Å². The predicted molar refractivity (Wildman–Crippen MR) is 80.3 cm³/mol. The van der Waals surface area contributed by atoms with E-state index in [1.807, 2.05) is 51.1 Å². The fraction of sp³-hybridized carbons (Fsp3) is 0.588. The fourth-order valence-electron chi connectivity index (χ4n) is 2.34. The van der Waals surface area contributed by atoms with Crippen molar-refractivity contribution in [2.75, 3.05) is 0 Å². The summed E-state index contributed by atoms with van der Waals surface area (Å²) >= 11 is 0. The third-order valence-electron chi connectivity index (χ3n) is 4.24. The SMILES string of the molecule is CCC(CC)(CC)OC(=O)[C@H](C)[C@H](O)c1ccccc1. The molecule has 3 heteroatoms. The maximum absolute atomic E-state index is 12.3. The van der Waals surface area contributed by atoms with Gasteiger partial charge >= 0.3 is 5.97 Å². The molecule has 112 valence electrons. The Balaban J connectivity index is 2.76. The molecule has 0 aromatic heterocycles. The number of esters is 1. The molecule has 20 heavy (non-hydrogen) atoms. The highest BCUT2D eigenvalue weighted by atomic mass is 16.6. The molecule has 0 aliphatic rings. The molecule has 1 N–H and O–H groups in total. The van der Waals surface area contributed by atoms with E-state index in [1.165, 1.54) is 0 Å². The van der Waals surface area contributed by atoms with Gasteiger partial charge in [-0.25, -0.2) is 0 Å². The van der Waals surface area contributed by atoms with Crippen LogP contribution in [-0.4, -0.2) is 16.7 Å². The molecule has 0 aliphatic carbocycles.